The van der Waals surface area contributed by atoms with Gasteiger partial charge in [-0.2, -0.15) is 0 Å². The van der Waals surface area contributed by atoms with E-state index in [2.05, 4.69) is 35.6 Å². The van der Waals surface area contributed by atoms with Crippen molar-refractivity contribution in [2.24, 2.45) is 0 Å². The Balaban J connectivity index is 1.84. The second kappa shape index (κ2) is 6.04. The number of hydrogen-bond acceptors (Lipinski definition) is 3. The van der Waals surface area contributed by atoms with Crippen LogP contribution in [0.4, 0.5) is 0 Å². The summed E-state index contributed by atoms with van der Waals surface area (Å²) in [6.07, 6.45) is 2.09. The molecule has 0 saturated heterocycles. The minimum absolute atomic E-state index is 0.155. The Morgan fingerprint density at radius 3 is 2.81 bits per heavy atom. The van der Waals surface area contributed by atoms with Crippen LogP contribution in [0.1, 0.15) is 46.8 Å². The van der Waals surface area contributed by atoms with Crippen molar-refractivity contribution in [1.82, 2.24) is 5.32 Å². The Bertz CT molecular complexity index is 617. The van der Waals surface area contributed by atoms with E-state index in [9.17, 15) is 0 Å². The molecule has 1 aliphatic rings. The first-order valence-electron chi connectivity index (χ1n) is 7.62. The standard InChI is InChI=1S/C18H23NO2/c1-12-10-16(13(2)21-12)17(19-3)11-18-15-7-5-4-6-14(15)8-9-20-18/h4-7,10,17-19H,8-9,11H2,1-3H3. The van der Waals surface area contributed by atoms with Crippen LogP contribution in [0, 0.1) is 13.8 Å². The molecule has 2 atom stereocenters. The fourth-order valence-electron chi connectivity index (χ4n) is 3.28. The summed E-state index contributed by atoms with van der Waals surface area (Å²) in [4.78, 5) is 0. The fourth-order valence-corrected chi connectivity index (χ4v) is 3.28. The highest BCUT2D eigenvalue weighted by atomic mass is 16.5. The first-order valence-corrected chi connectivity index (χ1v) is 7.62. The molecule has 0 bridgehead atoms. The number of furan rings is 1. The molecule has 112 valence electrons. The van der Waals surface area contributed by atoms with Crippen LogP contribution in [0.5, 0.6) is 0 Å². The predicted molar refractivity (Wildman–Crippen MR) is 83.4 cm³/mol. The van der Waals surface area contributed by atoms with Gasteiger partial charge in [-0.15, -0.1) is 0 Å². The summed E-state index contributed by atoms with van der Waals surface area (Å²) in [5.74, 6) is 1.96. The molecule has 3 rings (SSSR count). The Labute approximate surface area is 126 Å². The van der Waals surface area contributed by atoms with Crippen molar-refractivity contribution in [2.45, 2.75) is 38.8 Å². The zero-order chi connectivity index (χ0) is 14.8. The SMILES string of the molecule is CNC(CC1OCCc2ccccc21)c1cc(C)oc1C. The average molecular weight is 285 g/mol. The quantitative estimate of drug-likeness (QED) is 0.926. The van der Waals surface area contributed by atoms with Crippen LogP contribution in [0.15, 0.2) is 34.7 Å². The first kappa shape index (κ1) is 14.4. The molecule has 0 radical (unpaired) electrons. The van der Waals surface area contributed by atoms with Crippen molar-refractivity contribution in [1.29, 1.82) is 0 Å². The Hall–Kier alpha value is -1.58. The van der Waals surface area contributed by atoms with Crippen molar-refractivity contribution in [3.63, 3.8) is 0 Å². The van der Waals surface area contributed by atoms with E-state index in [4.69, 9.17) is 9.15 Å². The Kier molecular flexibility index (Phi) is 4.13. The number of benzene rings is 1. The molecule has 3 nitrogen and oxygen atoms in total. The average Bonchev–Trinajstić information content (AvgIpc) is 2.83. The zero-order valence-electron chi connectivity index (χ0n) is 13.0. The van der Waals surface area contributed by atoms with Gasteiger partial charge in [0.1, 0.15) is 11.5 Å². The van der Waals surface area contributed by atoms with Gasteiger partial charge in [-0.25, -0.2) is 0 Å². The van der Waals surface area contributed by atoms with Gasteiger partial charge in [0.2, 0.25) is 0 Å². The number of ether oxygens (including phenoxy) is 1. The van der Waals surface area contributed by atoms with Crippen molar-refractivity contribution in [3.05, 3.63) is 58.5 Å². The van der Waals surface area contributed by atoms with Gasteiger partial charge in [0.05, 0.1) is 12.7 Å². The third-order valence-electron chi connectivity index (χ3n) is 4.35. The van der Waals surface area contributed by atoms with Crippen molar-refractivity contribution in [2.75, 3.05) is 13.7 Å². The van der Waals surface area contributed by atoms with Crippen LogP contribution in [0.2, 0.25) is 0 Å². The Morgan fingerprint density at radius 1 is 1.29 bits per heavy atom. The highest BCUT2D eigenvalue weighted by molar-refractivity contribution is 5.32. The molecule has 0 fully saturated rings. The van der Waals surface area contributed by atoms with E-state index >= 15 is 0 Å². The molecule has 1 aromatic heterocycles. The molecule has 1 aliphatic heterocycles. The largest absolute Gasteiger partial charge is 0.466 e. The number of rotatable bonds is 4. The monoisotopic (exact) mass is 285 g/mol. The maximum absolute atomic E-state index is 6.03. The number of fused-ring (bicyclic) bond motifs is 1. The zero-order valence-corrected chi connectivity index (χ0v) is 13.0. The lowest BCUT2D eigenvalue weighted by molar-refractivity contribution is 0.0297. The fraction of sp³-hybridized carbons (Fsp3) is 0.444. The lowest BCUT2D eigenvalue weighted by Gasteiger charge is -2.29. The molecule has 0 saturated carbocycles. The third-order valence-corrected chi connectivity index (χ3v) is 4.35. The van der Waals surface area contributed by atoms with E-state index in [1.807, 2.05) is 20.9 Å². The maximum Gasteiger partial charge on any atom is 0.105 e. The minimum Gasteiger partial charge on any atom is -0.466 e. The molecule has 2 aromatic rings. The normalized spacial score (nSPS) is 19.3. The van der Waals surface area contributed by atoms with Gasteiger partial charge < -0.3 is 14.5 Å². The minimum atomic E-state index is 0.155. The molecule has 0 spiro atoms. The number of hydrogen-bond donors (Lipinski definition) is 1. The molecule has 2 unspecified atom stereocenters. The van der Waals surface area contributed by atoms with Gasteiger partial charge in [0.15, 0.2) is 0 Å². The van der Waals surface area contributed by atoms with Crippen molar-refractivity contribution >= 4 is 0 Å². The molecule has 0 aliphatic carbocycles. The number of nitrogens with one attached hydrogen (secondary N) is 1. The summed E-state index contributed by atoms with van der Waals surface area (Å²) in [5.41, 5.74) is 3.99. The summed E-state index contributed by atoms with van der Waals surface area (Å²) in [6, 6.07) is 11.0. The second-order valence-electron chi connectivity index (χ2n) is 5.75. The van der Waals surface area contributed by atoms with E-state index in [-0.39, 0.29) is 12.1 Å². The Morgan fingerprint density at radius 2 is 2.10 bits per heavy atom. The van der Waals surface area contributed by atoms with Crippen LogP contribution in [-0.2, 0) is 11.2 Å². The van der Waals surface area contributed by atoms with Gasteiger partial charge in [-0.05, 0) is 50.9 Å². The number of aryl methyl sites for hydroxylation is 2. The molecule has 21 heavy (non-hydrogen) atoms. The van der Waals surface area contributed by atoms with E-state index in [1.54, 1.807) is 0 Å². The molecular weight excluding hydrogens is 262 g/mol. The summed E-state index contributed by atoms with van der Waals surface area (Å²) in [7, 11) is 2.00. The summed E-state index contributed by atoms with van der Waals surface area (Å²) < 4.78 is 11.7. The summed E-state index contributed by atoms with van der Waals surface area (Å²) in [5, 5.41) is 3.41. The van der Waals surface area contributed by atoms with E-state index in [0.717, 1.165) is 31.0 Å². The first-order chi connectivity index (χ1) is 10.2. The maximum atomic E-state index is 6.03. The van der Waals surface area contributed by atoms with Crippen LogP contribution in [0.3, 0.4) is 0 Å². The smallest absolute Gasteiger partial charge is 0.105 e. The molecule has 2 heterocycles. The van der Waals surface area contributed by atoms with Crippen LogP contribution < -0.4 is 5.32 Å². The van der Waals surface area contributed by atoms with Gasteiger partial charge in [0.25, 0.3) is 0 Å². The highest BCUT2D eigenvalue weighted by Crippen LogP contribution is 2.35. The van der Waals surface area contributed by atoms with E-state index in [0.29, 0.717) is 0 Å². The van der Waals surface area contributed by atoms with E-state index < -0.39 is 0 Å². The summed E-state index contributed by atoms with van der Waals surface area (Å²) in [6.45, 7) is 4.83. The molecule has 3 heteroatoms. The predicted octanol–water partition coefficient (Wildman–Crippen LogP) is 3.86. The van der Waals surface area contributed by atoms with Crippen LogP contribution in [-0.4, -0.2) is 13.7 Å². The van der Waals surface area contributed by atoms with Crippen LogP contribution in [0.25, 0.3) is 0 Å². The second-order valence-corrected chi connectivity index (χ2v) is 5.75. The molecule has 1 aromatic carbocycles. The van der Waals surface area contributed by atoms with Crippen molar-refractivity contribution in [3.8, 4) is 0 Å². The molecule has 0 amide bonds. The third kappa shape index (κ3) is 2.89. The van der Waals surface area contributed by atoms with Gasteiger partial charge in [-0.1, -0.05) is 24.3 Å². The van der Waals surface area contributed by atoms with Crippen molar-refractivity contribution < 1.29 is 9.15 Å². The lowest BCUT2D eigenvalue weighted by Crippen LogP contribution is -2.24. The molecule has 1 N–H and O–H groups in total. The highest BCUT2D eigenvalue weighted by Gasteiger charge is 2.25. The van der Waals surface area contributed by atoms with Crippen LogP contribution >= 0.6 is 0 Å². The van der Waals surface area contributed by atoms with Gasteiger partial charge >= 0.3 is 0 Å². The van der Waals surface area contributed by atoms with Gasteiger partial charge in [0, 0.05) is 11.6 Å². The summed E-state index contributed by atoms with van der Waals surface area (Å²) >= 11 is 0. The van der Waals surface area contributed by atoms with E-state index in [1.165, 1.54) is 16.7 Å². The lowest BCUT2D eigenvalue weighted by atomic mass is 9.91. The molecular formula is C18H23NO2. The van der Waals surface area contributed by atoms with Gasteiger partial charge in [-0.3, -0.25) is 0 Å². The topological polar surface area (TPSA) is 34.4 Å².